The van der Waals surface area contributed by atoms with Crippen molar-refractivity contribution < 1.29 is 12.8 Å². The molecule has 0 aliphatic carbocycles. The minimum absolute atomic E-state index is 0.284. The second-order valence-corrected chi connectivity index (χ2v) is 6.54. The van der Waals surface area contributed by atoms with Crippen LogP contribution in [0.25, 0.3) is 0 Å². The predicted octanol–water partition coefficient (Wildman–Crippen LogP) is 1.62. The molecule has 2 N–H and O–H groups in total. The second-order valence-electron chi connectivity index (χ2n) is 3.91. The summed E-state index contributed by atoms with van der Waals surface area (Å²) in [5, 5.41) is 3.12. The van der Waals surface area contributed by atoms with Gasteiger partial charge in [-0.05, 0) is 40.5 Å². The van der Waals surface area contributed by atoms with Crippen LogP contribution in [0.4, 0.5) is 4.39 Å². The molecule has 102 valence electrons. The molecule has 1 aromatic carbocycles. The molecule has 0 atom stereocenters. The summed E-state index contributed by atoms with van der Waals surface area (Å²) < 4.78 is 37.6. The predicted molar refractivity (Wildman–Crippen MR) is 73.3 cm³/mol. The van der Waals surface area contributed by atoms with Crippen molar-refractivity contribution in [3.8, 4) is 0 Å². The SMILES string of the molecule is CS(=O)(=O)NCCCNCc1cccc(F)c1Br. The Kier molecular flexibility index (Phi) is 6.20. The summed E-state index contributed by atoms with van der Waals surface area (Å²) in [6.07, 6.45) is 1.81. The summed E-state index contributed by atoms with van der Waals surface area (Å²) in [4.78, 5) is 0. The molecule has 18 heavy (non-hydrogen) atoms. The number of benzene rings is 1. The number of nitrogens with one attached hydrogen (secondary N) is 2. The summed E-state index contributed by atoms with van der Waals surface area (Å²) in [5.74, 6) is -0.284. The molecule has 4 nitrogen and oxygen atoms in total. The average Bonchev–Trinajstić information content (AvgIpc) is 2.27. The molecule has 0 bridgehead atoms. The van der Waals surface area contributed by atoms with Crippen LogP contribution in [0, 0.1) is 5.82 Å². The highest BCUT2D eigenvalue weighted by Gasteiger charge is 2.04. The molecule has 0 amide bonds. The van der Waals surface area contributed by atoms with Crippen LogP contribution < -0.4 is 10.0 Å². The molecule has 0 saturated heterocycles. The van der Waals surface area contributed by atoms with Gasteiger partial charge in [0.25, 0.3) is 0 Å². The molecule has 0 fully saturated rings. The van der Waals surface area contributed by atoms with Crippen LogP contribution in [0.1, 0.15) is 12.0 Å². The average molecular weight is 339 g/mol. The van der Waals surface area contributed by atoms with Gasteiger partial charge in [-0.1, -0.05) is 12.1 Å². The quantitative estimate of drug-likeness (QED) is 0.742. The third-order valence-corrected chi connectivity index (χ3v) is 3.86. The van der Waals surface area contributed by atoms with E-state index in [9.17, 15) is 12.8 Å². The first-order valence-corrected chi connectivity index (χ1v) is 8.17. The van der Waals surface area contributed by atoms with Crippen LogP contribution in [0.3, 0.4) is 0 Å². The van der Waals surface area contributed by atoms with E-state index < -0.39 is 10.0 Å². The molecule has 0 spiro atoms. The second kappa shape index (κ2) is 7.18. The Labute approximate surface area is 115 Å². The van der Waals surface area contributed by atoms with Crippen molar-refractivity contribution in [3.63, 3.8) is 0 Å². The zero-order valence-corrected chi connectivity index (χ0v) is 12.4. The van der Waals surface area contributed by atoms with Crippen molar-refractivity contribution in [1.82, 2.24) is 10.0 Å². The molecule has 0 radical (unpaired) electrons. The third kappa shape index (κ3) is 5.90. The lowest BCUT2D eigenvalue weighted by Crippen LogP contribution is -2.26. The maximum absolute atomic E-state index is 13.2. The van der Waals surface area contributed by atoms with Crippen LogP contribution >= 0.6 is 15.9 Å². The van der Waals surface area contributed by atoms with Crippen molar-refractivity contribution in [2.45, 2.75) is 13.0 Å². The van der Waals surface area contributed by atoms with Crippen molar-refractivity contribution in [1.29, 1.82) is 0 Å². The van der Waals surface area contributed by atoms with Gasteiger partial charge in [-0.2, -0.15) is 0 Å². The largest absolute Gasteiger partial charge is 0.313 e. The highest BCUT2D eigenvalue weighted by atomic mass is 79.9. The van der Waals surface area contributed by atoms with Crippen LogP contribution in [-0.2, 0) is 16.6 Å². The first kappa shape index (κ1) is 15.6. The summed E-state index contributed by atoms with van der Waals surface area (Å²) in [6, 6.07) is 4.88. The van der Waals surface area contributed by atoms with Gasteiger partial charge in [-0.3, -0.25) is 0 Å². The van der Waals surface area contributed by atoms with Crippen LogP contribution in [0.15, 0.2) is 22.7 Å². The Hall–Kier alpha value is -0.500. The Bertz CT molecular complexity index is 494. The molecule has 0 aromatic heterocycles. The summed E-state index contributed by atoms with van der Waals surface area (Å²) in [6.45, 7) is 1.60. The highest BCUT2D eigenvalue weighted by Crippen LogP contribution is 2.19. The van der Waals surface area contributed by atoms with Gasteiger partial charge in [0.2, 0.25) is 10.0 Å². The molecule has 7 heteroatoms. The summed E-state index contributed by atoms with van der Waals surface area (Å²) in [5.41, 5.74) is 0.839. The fourth-order valence-corrected chi connectivity index (χ4v) is 2.30. The van der Waals surface area contributed by atoms with E-state index in [2.05, 4.69) is 26.0 Å². The van der Waals surface area contributed by atoms with Gasteiger partial charge in [0.1, 0.15) is 5.82 Å². The Morgan fingerprint density at radius 2 is 2.06 bits per heavy atom. The number of halogens is 2. The maximum Gasteiger partial charge on any atom is 0.208 e. The zero-order valence-electron chi connectivity index (χ0n) is 10.0. The number of hydrogen-bond donors (Lipinski definition) is 2. The minimum atomic E-state index is -3.11. The van der Waals surface area contributed by atoms with Crippen molar-refractivity contribution in [2.24, 2.45) is 0 Å². The van der Waals surface area contributed by atoms with E-state index >= 15 is 0 Å². The number of sulfonamides is 1. The summed E-state index contributed by atoms with van der Waals surface area (Å²) >= 11 is 3.18. The smallest absolute Gasteiger partial charge is 0.208 e. The number of rotatable bonds is 7. The maximum atomic E-state index is 13.2. The van der Waals surface area contributed by atoms with Crippen molar-refractivity contribution >= 4 is 26.0 Å². The molecular weight excluding hydrogens is 323 g/mol. The van der Waals surface area contributed by atoms with Gasteiger partial charge < -0.3 is 5.32 Å². The first-order valence-electron chi connectivity index (χ1n) is 5.48. The molecule has 1 rings (SSSR count). The minimum Gasteiger partial charge on any atom is -0.313 e. The first-order chi connectivity index (χ1) is 8.40. The van der Waals surface area contributed by atoms with Gasteiger partial charge in [0, 0.05) is 13.1 Å². The zero-order chi connectivity index (χ0) is 13.6. The van der Waals surface area contributed by atoms with E-state index in [-0.39, 0.29) is 5.82 Å². The van der Waals surface area contributed by atoms with E-state index in [0.29, 0.717) is 30.5 Å². The topological polar surface area (TPSA) is 58.2 Å². The molecule has 0 aliphatic rings. The lowest BCUT2D eigenvalue weighted by molar-refractivity contribution is 0.577. The Morgan fingerprint density at radius 3 is 2.72 bits per heavy atom. The molecular formula is C11H16BrFN2O2S. The van der Waals surface area contributed by atoms with Crippen LogP contribution in [0.5, 0.6) is 0 Å². The third-order valence-electron chi connectivity index (χ3n) is 2.24. The van der Waals surface area contributed by atoms with Crippen LogP contribution in [0.2, 0.25) is 0 Å². The molecule has 0 unspecified atom stereocenters. The van der Waals surface area contributed by atoms with E-state index in [4.69, 9.17) is 0 Å². The van der Waals surface area contributed by atoms with E-state index in [1.54, 1.807) is 6.07 Å². The fourth-order valence-electron chi connectivity index (χ4n) is 1.38. The molecule has 0 saturated carbocycles. The Morgan fingerprint density at radius 1 is 1.33 bits per heavy atom. The van der Waals surface area contributed by atoms with Gasteiger partial charge in [-0.25, -0.2) is 17.5 Å². The lowest BCUT2D eigenvalue weighted by atomic mass is 10.2. The van der Waals surface area contributed by atoms with Gasteiger partial charge in [0.05, 0.1) is 10.7 Å². The fraction of sp³-hybridized carbons (Fsp3) is 0.455. The standard InChI is InChI=1S/C11H16BrFN2O2S/c1-18(16,17)15-7-3-6-14-8-9-4-2-5-10(13)11(9)12/h2,4-5,14-15H,3,6-8H2,1H3. The normalized spacial score (nSPS) is 11.7. The molecule has 0 heterocycles. The summed E-state index contributed by atoms with van der Waals surface area (Å²) in [7, 11) is -3.11. The van der Waals surface area contributed by atoms with Crippen molar-refractivity contribution in [2.75, 3.05) is 19.3 Å². The highest BCUT2D eigenvalue weighted by molar-refractivity contribution is 9.10. The van der Waals surface area contributed by atoms with Gasteiger partial charge in [-0.15, -0.1) is 0 Å². The van der Waals surface area contributed by atoms with Gasteiger partial charge >= 0.3 is 0 Å². The van der Waals surface area contributed by atoms with Crippen molar-refractivity contribution in [3.05, 3.63) is 34.1 Å². The Balaban J connectivity index is 2.24. The van der Waals surface area contributed by atoms with E-state index in [0.717, 1.165) is 11.8 Å². The molecule has 1 aromatic rings. The monoisotopic (exact) mass is 338 g/mol. The lowest BCUT2D eigenvalue weighted by Gasteiger charge is -2.07. The molecule has 0 aliphatic heterocycles. The van der Waals surface area contributed by atoms with Crippen LogP contribution in [-0.4, -0.2) is 27.8 Å². The number of hydrogen-bond acceptors (Lipinski definition) is 3. The van der Waals surface area contributed by atoms with Gasteiger partial charge in [0.15, 0.2) is 0 Å². The van der Waals surface area contributed by atoms with E-state index in [1.807, 2.05) is 6.07 Å². The van der Waals surface area contributed by atoms with E-state index in [1.165, 1.54) is 6.07 Å².